The minimum absolute atomic E-state index is 0.0195. The average Bonchev–Trinajstić information content (AvgIpc) is 2.52. The normalized spacial score (nSPS) is 17.8. The summed E-state index contributed by atoms with van der Waals surface area (Å²) >= 11 is 0. The average molecular weight is 305 g/mol. The summed E-state index contributed by atoms with van der Waals surface area (Å²) in [5.74, 6) is -0.193. The monoisotopic (exact) mass is 305 g/mol. The fourth-order valence-corrected chi connectivity index (χ4v) is 2.29. The van der Waals surface area contributed by atoms with Crippen molar-refractivity contribution in [2.45, 2.75) is 32.8 Å². The molecule has 6 heteroatoms. The molecule has 3 N–H and O–H groups in total. The molecule has 2 amide bonds. The van der Waals surface area contributed by atoms with Crippen LogP contribution in [0.25, 0.3) is 0 Å². The highest BCUT2D eigenvalue weighted by atomic mass is 16.5. The van der Waals surface area contributed by atoms with E-state index in [9.17, 15) is 9.59 Å². The van der Waals surface area contributed by atoms with Crippen LogP contribution in [0, 0.1) is 6.92 Å². The van der Waals surface area contributed by atoms with E-state index in [1.165, 1.54) is 0 Å². The van der Waals surface area contributed by atoms with Crippen LogP contribution < -0.4 is 16.0 Å². The van der Waals surface area contributed by atoms with Gasteiger partial charge in [0.05, 0.1) is 6.61 Å². The largest absolute Gasteiger partial charge is 0.366 e. The summed E-state index contributed by atoms with van der Waals surface area (Å²) in [6.45, 7) is 5.64. The van der Waals surface area contributed by atoms with Gasteiger partial charge in [0.2, 0.25) is 5.91 Å². The number of ether oxygens (including phenoxy) is 1. The molecule has 0 spiro atoms. The molecule has 0 saturated carbocycles. The Kier molecular flexibility index (Phi) is 5.91. The van der Waals surface area contributed by atoms with Gasteiger partial charge in [-0.25, -0.2) is 0 Å². The van der Waals surface area contributed by atoms with Gasteiger partial charge in [0.25, 0.3) is 5.91 Å². The molecule has 1 aliphatic rings. The summed E-state index contributed by atoms with van der Waals surface area (Å²) in [7, 11) is 0. The van der Waals surface area contributed by atoms with E-state index in [1.807, 2.05) is 32.0 Å². The van der Waals surface area contributed by atoms with Gasteiger partial charge < -0.3 is 20.7 Å². The van der Waals surface area contributed by atoms with Crippen molar-refractivity contribution in [2.24, 2.45) is 0 Å². The van der Waals surface area contributed by atoms with Gasteiger partial charge in [0.15, 0.2) is 0 Å². The second-order valence-corrected chi connectivity index (χ2v) is 5.33. The third-order valence-corrected chi connectivity index (χ3v) is 3.56. The Labute approximate surface area is 130 Å². The van der Waals surface area contributed by atoms with Crippen LogP contribution >= 0.6 is 0 Å². The zero-order chi connectivity index (χ0) is 15.9. The number of hydrogen-bond donors (Lipinski definition) is 3. The highest BCUT2D eigenvalue weighted by molar-refractivity contribution is 5.97. The van der Waals surface area contributed by atoms with Crippen molar-refractivity contribution in [3.05, 3.63) is 23.8 Å². The Hall–Kier alpha value is -1.92. The van der Waals surface area contributed by atoms with Gasteiger partial charge in [0, 0.05) is 30.9 Å². The Morgan fingerprint density at radius 1 is 1.32 bits per heavy atom. The van der Waals surface area contributed by atoms with E-state index in [2.05, 4.69) is 16.0 Å². The van der Waals surface area contributed by atoms with E-state index >= 15 is 0 Å². The molecule has 1 aliphatic heterocycles. The van der Waals surface area contributed by atoms with Crippen molar-refractivity contribution >= 4 is 23.2 Å². The highest BCUT2D eigenvalue weighted by Crippen LogP contribution is 2.24. The van der Waals surface area contributed by atoms with Crippen LogP contribution in [0.1, 0.15) is 25.3 Å². The molecule has 1 fully saturated rings. The van der Waals surface area contributed by atoms with Crippen molar-refractivity contribution < 1.29 is 14.3 Å². The van der Waals surface area contributed by atoms with Crippen LogP contribution in [0.3, 0.4) is 0 Å². The number of hydrogen-bond acceptors (Lipinski definition) is 4. The van der Waals surface area contributed by atoms with Crippen LogP contribution in [0.2, 0.25) is 0 Å². The maximum Gasteiger partial charge on any atom is 0.254 e. The minimum Gasteiger partial charge on any atom is -0.366 e. The van der Waals surface area contributed by atoms with Gasteiger partial charge >= 0.3 is 0 Å². The third-order valence-electron chi connectivity index (χ3n) is 3.56. The van der Waals surface area contributed by atoms with Crippen molar-refractivity contribution in [3.8, 4) is 0 Å². The summed E-state index contributed by atoms with van der Waals surface area (Å²) in [4.78, 5) is 23.9. The van der Waals surface area contributed by atoms with Gasteiger partial charge in [0.1, 0.15) is 6.10 Å². The number of amides is 2. The SMILES string of the molecule is CCCC(=O)Nc1cccc(NC(=O)C2CNCCO2)c1C. The quantitative estimate of drug-likeness (QED) is 0.773. The zero-order valence-corrected chi connectivity index (χ0v) is 13.1. The summed E-state index contributed by atoms with van der Waals surface area (Å²) in [6, 6.07) is 5.46. The molecule has 1 heterocycles. The van der Waals surface area contributed by atoms with E-state index < -0.39 is 6.10 Å². The summed E-state index contributed by atoms with van der Waals surface area (Å²) < 4.78 is 5.43. The lowest BCUT2D eigenvalue weighted by Crippen LogP contribution is -2.45. The van der Waals surface area contributed by atoms with Crippen molar-refractivity contribution in [1.29, 1.82) is 0 Å². The molecule has 0 aromatic heterocycles. The number of morpholine rings is 1. The molecule has 1 saturated heterocycles. The molecular weight excluding hydrogens is 282 g/mol. The number of rotatable bonds is 5. The minimum atomic E-state index is -0.480. The maximum atomic E-state index is 12.2. The topological polar surface area (TPSA) is 79.5 Å². The first kappa shape index (κ1) is 16.5. The Bertz CT molecular complexity index is 539. The van der Waals surface area contributed by atoms with Crippen LogP contribution in [-0.4, -0.2) is 37.6 Å². The summed E-state index contributed by atoms with van der Waals surface area (Å²) in [5, 5.41) is 8.87. The molecule has 0 aliphatic carbocycles. The lowest BCUT2D eigenvalue weighted by Gasteiger charge is -2.23. The Balaban J connectivity index is 2.04. The standard InChI is InChI=1S/C16H23N3O3/c1-3-5-15(20)18-12-6-4-7-13(11(12)2)19-16(21)14-10-17-8-9-22-14/h4,6-7,14,17H,3,5,8-10H2,1-2H3,(H,18,20)(H,19,21). The van der Waals surface area contributed by atoms with Crippen LogP contribution in [0.15, 0.2) is 18.2 Å². The molecule has 2 rings (SSSR count). The molecule has 1 atom stereocenters. The maximum absolute atomic E-state index is 12.2. The number of carbonyl (C=O) groups is 2. The second-order valence-electron chi connectivity index (χ2n) is 5.33. The summed E-state index contributed by atoms with van der Waals surface area (Å²) in [6.07, 6.45) is 0.803. The smallest absolute Gasteiger partial charge is 0.254 e. The van der Waals surface area contributed by atoms with Crippen LogP contribution in [0.4, 0.5) is 11.4 Å². The van der Waals surface area contributed by atoms with Crippen LogP contribution in [-0.2, 0) is 14.3 Å². The summed E-state index contributed by atoms with van der Waals surface area (Å²) in [5.41, 5.74) is 2.25. The molecule has 120 valence electrons. The molecule has 22 heavy (non-hydrogen) atoms. The first-order chi connectivity index (χ1) is 10.6. The number of carbonyl (C=O) groups excluding carboxylic acids is 2. The first-order valence-electron chi connectivity index (χ1n) is 7.64. The predicted octanol–water partition coefficient (Wildman–Crippen LogP) is 1.66. The van der Waals surface area contributed by atoms with Crippen molar-refractivity contribution in [3.63, 3.8) is 0 Å². The third kappa shape index (κ3) is 4.29. The molecule has 1 aromatic carbocycles. The fraction of sp³-hybridized carbons (Fsp3) is 0.500. The van der Waals surface area contributed by atoms with E-state index in [0.29, 0.717) is 25.3 Å². The lowest BCUT2D eigenvalue weighted by molar-refractivity contribution is -0.128. The second kappa shape index (κ2) is 7.91. The lowest BCUT2D eigenvalue weighted by atomic mass is 10.1. The van der Waals surface area contributed by atoms with E-state index in [-0.39, 0.29) is 11.8 Å². The van der Waals surface area contributed by atoms with Gasteiger partial charge in [-0.2, -0.15) is 0 Å². The predicted molar refractivity (Wildman–Crippen MR) is 86.0 cm³/mol. The molecule has 1 unspecified atom stereocenters. The van der Waals surface area contributed by atoms with Gasteiger partial charge in [-0.05, 0) is 31.0 Å². The molecule has 1 aromatic rings. The van der Waals surface area contributed by atoms with Crippen LogP contribution in [0.5, 0.6) is 0 Å². The highest BCUT2D eigenvalue weighted by Gasteiger charge is 2.22. The Morgan fingerprint density at radius 3 is 2.68 bits per heavy atom. The molecule has 0 bridgehead atoms. The van der Waals surface area contributed by atoms with Crippen molar-refractivity contribution in [2.75, 3.05) is 30.3 Å². The van der Waals surface area contributed by atoms with Gasteiger partial charge in [-0.15, -0.1) is 0 Å². The Morgan fingerprint density at radius 2 is 2.05 bits per heavy atom. The molecule has 0 radical (unpaired) electrons. The van der Waals surface area contributed by atoms with E-state index in [1.54, 1.807) is 0 Å². The van der Waals surface area contributed by atoms with Crippen molar-refractivity contribution in [1.82, 2.24) is 5.32 Å². The number of benzene rings is 1. The molecular formula is C16H23N3O3. The number of nitrogens with one attached hydrogen (secondary N) is 3. The van der Waals surface area contributed by atoms with E-state index in [0.717, 1.165) is 24.2 Å². The first-order valence-corrected chi connectivity index (χ1v) is 7.64. The molecule has 6 nitrogen and oxygen atoms in total. The zero-order valence-electron chi connectivity index (χ0n) is 13.1. The van der Waals surface area contributed by atoms with Gasteiger partial charge in [-0.3, -0.25) is 9.59 Å². The van der Waals surface area contributed by atoms with Gasteiger partial charge in [-0.1, -0.05) is 13.0 Å². The van der Waals surface area contributed by atoms with E-state index in [4.69, 9.17) is 4.74 Å². The number of anilines is 2. The fourth-order valence-electron chi connectivity index (χ4n) is 2.29.